The number of nitrogens with one attached hydrogen (secondary N) is 2. The average Bonchev–Trinajstić information content (AvgIpc) is 3.54. The van der Waals surface area contributed by atoms with Gasteiger partial charge >= 0.3 is 6.09 Å². The highest BCUT2D eigenvalue weighted by molar-refractivity contribution is 14.0. The standard InChI is InChI=1S/C21H30N4O2.HI/c1-3-27-21(26)24-19(18-9-10-18)15-23-20(22-2)25-13-11-17(12-14-25)16-7-5-4-6-8-16;/h4-8,11,18-19H,3,9-10,12-15H2,1-2H3,(H,22,23)(H,24,26);1H. The summed E-state index contributed by atoms with van der Waals surface area (Å²) in [5, 5.41) is 6.42. The Morgan fingerprint density at radius 3 is 2.64 bits per heavy atom. The number of guanidine groups is 1. The number of benzene rings is 1. The van der Waals surface area contributed by atoms with Gasteiger partial charge in [-0.05, 0) is 43.2 Å². The molecule has 2 N–H and O–H groups in total. The van der Waals surface area contributed by atoms with Gasteiger partial charge < -0.3 is 20.3 Å². The second-order valence-electron chi connectivity index (χ2n) is 7.03. The first-order valence-corrected chi connectivity index (χ1v) is 9.84. The molecule has 1 amide bonds. The summed E-state index contributed by atoms with van der Waals surface area (Å²) in [6, 6.07) is 10.6. The molecular weight excluding hydrogens is 467 g/mol. The summed E-state index contributed by atoms with van der Waals surface area (Å²) < 4.78 is 5.03. The SMILES string of the molecule is CCOC(=O)NC(CNC(=NC)N1CC=C(c2ccccc2)CC1)C1CC1.I. The van der Waals surface area contributed by atoms with Crippen molar-refractivity contribution in [3.63, 3.8) is 0 Å². The molecule has 1 unspecified atom stereocenters. The first kappa shape index (κ1) is 22.5. The Kier molecular flexibility index (Phi) is 9.08. The van der Waals surface area contributed by atoms with Crippen molar-refractivity contribution in [1.82, 2.24) is 15.5 Å². The molecule has 7 heteroatoms. The molecule has 1 saturated carbocycles. The largest absolute Gasteiger partial charge is 0.450 e. The summed E-state index contributed by atoms with van der Waals surface area (Å²) in [6.07, 6.45) is 5.26. The number of carbonyl (C=O) groups is 1. The fourth-order valence-corrected chi connectivity index (χ4v) is 3.47. The van der Waals surface area contributed by atoms with Gasteiger partial charge in [-0.15, -0.1) is 24.0 Å². The first-order chi connectivity index (χ1) is 13.2. The van der Waals surface area contributed by atoms with Crippen LogP contribution < -0.4 is 10.6 Å². The highest BCUT2D eigenvalue weighted by Gasteiger charge is 2.33. The van der Waals surface area contributed by atoms with Gasteiger partial charge in [0, 0.05) is 26.7 Å². The number of alkyl carbamates (subject to hydrolysis) is 1. The quantitative estimate of drug-likeness (QED) is 0.358. The minimum absolute atomic E-state index is 0. The summed E-state index contributed by atoms with van der Waals surface area (Å²) in [4.78, 5) is 18.4. The lowest BCUT2D eigenvalue weighted by Gasteiger charge is -2.31. The number of hydrogen-bond donors (Lipinski definition) is 2. The van der Waals surface area contributed by atoms with Crippen LogP contribution in [0.2, 0.25) is 0 Å². The molecule has 0 bridgehead atoms. The molecular formula is C21H31IN4O2. The van der Waals surface area contributed by atoms with Crippen LogP contribution in [0.25, 0.3) is 5.57 Å². The maximum absolute atomic E-state index is 11.8. The molecule has 0 radical (unpaired) electrons. The van der Waals surface area contributed by atoms with Crippen LogP contribution in [-0.4, -0.2) is 56.3 Å². The summed E-state index contributed by atoms with van der Waals surface area (Å²) in [7, 11) is 1.81. The third-order valence-corrected chi connectivity index (χ3v) is 5.11. The summed E-state index contributed by atoms with van der Waals surface area (Å²) in [6.45, 7) is 4.65. The monoisotopic (exact) mass is 498 g/mol. The maximum Gasteiger partial charge on any atom is 0.407 e. The number of amides is 1. The van der Waals surface area contributed by atoms with Gasteiger partial charge in [-0.2, -0.15) is 0 Å². The average molecular weight is 498 g/mol. The highest BCUT2D eigenvalue weighted by Crippen LogP contribution is 2.32. The number of aliphatic imine (C=N–C) groups is 1. The van der Waals surface area contributed by atoms with Crippen molar-refractivity contribution < 1.29 is 9.53 Å². The van der Waals surface area contributed by atoms with Gasteiger partial charge in [0.1, 0.15) is 0 Å². The van der Waals surface area contributed by atoms with Crippen LogP contribution in [0.3, 0.4) is 0 Å². The molecule has 1 atom stereocenters. The Morgan fingerprint density at radius 1 is 1.32 bits per heavy atom. The van der Waals surface area contributed by atoms with Crippen molar-refractivity contribution in [3.8, 4) is 0 Å². The summed E-state index contributed by atoms with van der Waals surface area (Å²) >= 11 is 0. The fraction of sp³-hybridized carbons (Fsp3) is 0.524. The van der Waals surface area contributed by atoms with Gasteiger partial charge in [-0.25, -0.2) is 4.79 Å². The Labute approximate surface area is 184 Å². The van der Waals surface area contributed by atoms with Gasteiger partial charge in [0.25, 0.3) is 0 Å². The van der Waals surface area contributed by atoms with Crippen LogP contribution in [0.1, 0.15) is 31.7 Å². The van der Waals surface area contributed by atoms with E-state index < -0.39 is 0 Å². The predicted molar refractivity (Wildman–Crippen MR) is 124 cm³/mol. The molecule has 1 aliphatic heterocycles. The second-order valence-corrected chi connectivity index (χ2v) is 7.03. The Balaban J connectivity index is 0.00000280. The number of halogens is 1. The molecule has 6 nitrogen and oxygen atoms in total. The van der Waals surface area contributed by atoms with Crippen LogP contribution in [-0.2, 0) is 4.74 Å². The Hall–Kier alpha value is -1.77. The van der Waals surface area contributed by atoms with Gasteiger partial charge in [0.15, 0.2) is 5.96 Å². The molecule has 3 rings (SSSR count). The molecule has 0 aromatic heterocycles. The minimum Gasteiger partial charge on any atom is -0.450 e. The van der Waals surface area contributed by atoms with E-state index in [2.05, 4.69) is 50.9 Å². The number of rotatable bonds is 6. The first-order valence-electron chi connectivity index (χ1n) is 9.84. The van der Waals surface area contributed by atoms with E-state index in [9.17, 15) is 4.79 Å². The lowest BCUT2D eigenvalue weighted by atomic mass is 10.00. The number of nitrogens with zero attached hydrogens (tertiary/aromatic N) is 2. The highest BCUT2D eigenvalue weighted by atomic mass is 127. The fourth-order valence-electron chi connectivity index (χ4n) is 3.47. The molecule has 0 spiro atoms. The normalized spacial score (nSPS) is 17.9. The molecule has 2 aliphatic rings. The Morgan fingerprint density at radius 2 is 2.07 bits per heavy atom. The van der Waals surface area contributed by atoms with Crippen LogP contribution in [0.4, 0.5) is 4.79 Å². The van der Waals surface area contributed by atoms with Crippen LogP contribution in [0, 0.1) is 5.92 Å². The van der Waals surface area contributed by atoms with E-state index in [4.69, 9.17) is 4.74 Å². The molecule has 28 heavy (non-hydrogen) atoms. The van der Waals surface area contributed by atoms with E-state index in [1.54, 1.807) is 0 Å². The molecule has 1 heterocycles. The van der Waals surface area contributed by atoms with Gasteiger partial charge in [-0.3, -0.25) is 4.99 Å². The topological polar surface area (TPSA) is 66.0 Å². The second kappa shape index (κ2) is 11.3. The van der Waals surface area contributed by atoms with E-state index in [1.807, 2.05) is 20.0 Å². The van der Waals surface area contributed by atoms with E-state index in [0.29, 0.717) is 19.1 Å². The zero-order chi connectivity index (χ0) is 19.1. The van der Waals surface area contributed by atoms with E-state index in [1.165, 1.54) is 11.1 Å². The molecule has 1 aromatic carbocycles. The minimum atomic E-state index is -0.334. The van der Waals surface area contributed by atoms with Crippen molar-refractivity contribution in [2.75, 3.05) is 33.3 Å². The molecule has 1 aliphatic carbocycles. The van der Waals surface area contributed by atoms with E-state index in [-0.39, 0.29) is 36.1 Å². The molecule has 1 aromatic rings. The van der Waals surface area contributed by atoms with Gasteiger partial charge in [0.05, 0.1) is 12.6 Å². The zero-order valence-electron chi connectivity index (χ0n) is 16.7. The van der Waals surface area contributed by atoms with Crippen LogP contribution in [0.15, 0.2) is 41.4 Å². The van der Waals surface area contributed by atoms with Crippen LogP contribution >= 0.6 is 24.0 Å². The summed E-state index contributed by atoms with van der Waals surface area (Å²) in [5.41, 5.74) is 2.69. The maximum atomic E-state index is 11.8. The smallest absolute Gasteiger partial charge is 0.407 e. The molecule has 1 fully saturated rings. The lowest BCUT2D eigenvalue weighted by molar-refractivity contribution is 0.146. The van der Waals surface area contributed by atoms with E-state index in [0.717, 1.165) is 38.3 Å². The number of hydrogen-bond acceptors (Lipinski definition) is 3. The van der Waals surface area contributed by atoms with Gasteiger partial charge in [0.2, 0.25) is 0 Å². The van der Waals surface area contributed by atoms with Crippen molar-refractivity contribution in [2.24, 2.45) is 10.9 Å². The van der Waals surface area contributed by atoms with E-state index >= 15 is 0 Å². The van der Waals surface area contributed by atoms with Crippen molar-refractivity contribution in [2.45, 2.75) is 32.2 Å². The lowest BCUT2D eigenvalue weighted by Crippen LogP contribution is -2.50. The number of carbonyl (C=O) groups excluding carboxylic acids is 1. The van der Waals surface area contributed by atoms with Crippen molar-refractivity contribution in [3.05, 3.63) is 42.0 Å². The molecule has 0 saturated heterocycles. The third kappa shape index (κ3) is 6.39. The Bertz CT molecular complexity index is 689. The third-order valence-electron chi connectivity index (χ3n) is 5.11. The number of ether oxygens (including phenoxy) is 1. The molecule has 154 valence electrons. The van der Waals surface area contributed by atoms with Crippen LogP contribution in [0.5, 0.6) is 0 Å². The van der Waals surface area contributed by atoms with Crippen molar-refractivity contribution in [1.29, 1.82) is 0 Å². The van der Waals surface area contributed by atoms with Crippen molar-refractivity contribution >= 4 is 41.6 Å². The zero-order valence-corrected chi connectivity index (χ0v) is 19.0. The summed E-state index contributed by atoms with van der Waals surface area (Å²) in [5.74, 6) is 1.42. The predicted octanol–water partition coefficient (Wildman–Crippen LogP) is 3.49. The van der Waals surface area contributed by atoms with Gasteiger partial charge in [-0.1, -0.05) is 36.4 Å².